The molecule has 34 heavy (non-hydrogen) atoms. The monoisotopic (exact) mass is 480 g/mol. The first kappa shape index (κ1) is 22.3. The number of nitrogens with one attached hydrogen (secondary N) is 1. The molecular weight excluding hydrogens is 448 g/mol. The molecule has 2 aromatic carbocycles. The molecule has 1 saturated heterocycles. The van der Waals surface area contributed by atoms with Gasteiger partial charge in [0.1, 0.15) is 11.9 Å². The van der Waals surface area contributed by atoms with Crippen LogP contribution in [0.2, 0.25) is 0 Å². The fourth-order valence-electron chi connectivity index (χ4n) is 7.36. The van der Waals surface area contributed by atoms with Gasteiger partial charge in [0.25, 0.3) is 0 Å². The lowest BCUT2D eigenvalue weighted by atomic mass is 9.48. The van der Waals surface area contributed by atoms with Crippen molar-refractivity contribution >= 4 is 10.0 Å². The van der Waals surface area contributed by atoms with Crippen molar-refractivity contribution in [3.63, 3.8) is 0 Å². The number of hydrogen-bond donors (Lipinski definition) is 2. The molecule has 2 aliphatic heterocycles. The zero-order valence-corrected chi connectivity index (χ0v) is 20.4. The molecule has 4 aliphatic rings. The molecule has 1 spiro atoms. The van der Waals surface area contributed by atoms with Gasteiger partial charge in [-0.1, -0.05) is 42.5 Å². The minimum Gasteiger partial charge on any atom is -0.487 e. The van der Waals surface area contributed by atoms with Gasteiger partial charge in [0.05, 0.1) is 22.8 Å². The molecule has 0 aromatic heterocycles. The largest absolute Gasteiger partial charge is 0.487 e. The van der Waals surface area contributed by atoms with Gasteiger partial charge >= 0.3 is 0 Å². The second-order valence-corrected chi connectivity index (χ2v) is 12.2. The highest BCUT2D eigenvalue weighted by molar-refractivity contribution is 7.88. The van der Waals surface area contributed by atoms with Gasteiger partial charge in [-0.2, -0.15) is 0 Å². The van der Waals surface area contributed by atoms with Gasteiger partial charge in [0.2, 0.25) is 10.0 Å². The fraction of sp³-hybridized carbons (Fsp3) is 0.481. The third-order valence-electron chi connectivity index (χ3n) is 8.77. The molecule has 2 aliphatic carbocycles. The summed E-state index contributed by atoms with van der Waals surface area (Å²) in [5, 5.41) is 12.4. The molecule has 2 bridgehead atoms. The maximum Gasteiger partial charge on any atom is 0.216 e. The van der Waals surface area contributed by atoms with Crippen LogP contribution in [0.25, 0.3) is 0 Å². The molecule has 2 aromatic rings. The number of sulfonamides is 1. The van der Waals surface area contributed by atoms with Crippen LogP contribution in [0.5, 0.6) is 5.75 Å². The number of hydrogen-bond acceptors (Lipinski definition) is 5. The van der Waals surface area contributed by atoms with Gasteiger partial charge in [-0.05, 0) is 61.9 Å². The SMILES string of the molecule is C=CCN1CC[C@]23c4c5cccc4O[C@H]2[C@@H](NS(=O)(=O)Cc2ccccc2C)CC[C@@]3(O)[C@H]1C5. The van der Waals surface area contributed by atoms with Crippen LogP contribution in [-0.4, -0.2) is 55.3 Å². The lowest BCUT2D eigenvalue weighted by molar-refractivity contribution is -0.188. The Kier molecular flexibility index (Phi) is 5.02. The van der Waals surface area contributed by atoms with Crippen LogP contribution < -0.4 is 9.46 Å². The van der Waals surface area contributed by atoms with E-state index in [4.69, 9.17) is 4.74 Å². The van der Waals surface area contributed by atoms with Gasteiger partial charge in [-0.3, -0.25) is 4.90 Å². The molecule has 6 nitrogen and oxygen atoms in total. The van der Waals surface area contributed by atoms with Crippen LogP contribution in [0.15, 0.2) is 55.1 Å². The smallest absolute Gasteiger partial charge is 0.216 e. The molecule has 0 radical (unpaired) electrons. The molecule has 180 valence electrons. The Morgan fingerprint density at radius 2 is 2.06 bits per heavy atom. The number of nitrogens with zero attached hydrogens (tertiary/aromatic N) is 1. The van der Waals surface area contributed by atoms with Gasteiger partial charge in [-0.25, -0.2) is 13.1 Å². The van der Waals surface area contributed by atoms with E-state index in [1.165, 1.54) is 5.56 Å². The lowest BCUT2D eigenvalue weighted by Crippen LogP contribution is -2.78. The Hall–Kier alpha value is -2.19. The summed E-state index contributed by atoms with van der Waals surface area (Å²) in [6.07, 6.45) is 4.06. The van der Waals surface area contributed by atoms with Crippen LogP contribution in [0.3, 0.4) is 0 Å². The maximum atomic E-state index is 13.3. The zero-order chi connectivity index (χ0) is 23.7. The molecule has 2 N–H and O–H groups in total. The van der Waals surface area contributed by atoms with Crippen molar-refractivity contribution in [2.24, 2.45) is 0 Å². The van der Waals surface area contributed by atoms with E-state index < -0.39 is 27.1 Å². The number of benzene rings is 2. The molecule has 0 unspecified atom stereocenters. The van der Waals surface area contributed by atoms with E-state index >= 15 is 0 Å². The number of likely N-dealkylation sites (tertiary alicyclic amines) is 1. The number of aryl methyl sites for hydroxylation is 1. The van der Waals surface area contributed by atoms with E-state index in [1.54, 1.807) is 0 Å². The van der Waals surface area contributed by atoms with Crippen LogP contribution in [0.1, 0.15) is 41.5 Å². The van der Waals surface area contributed by atoms with E-state index in [0.29, 0.717) is 12.8 Å². The summed E-state index contributed by atoms with van der Waals surface area (Å²) >= 11 is 0. The Morgan fingerprint density at radius 1 is 1.24 bits per heavy atom. The number of rotatable bonds is 6. The Morgan fingerprint density at radius 3 is 2.85 bits per heavy atom. The first-order valence-electron chi connectivity index (χ1n) is 12.2. The van der Waals surface area contributed by atoms with Crippen molar-refractivity contribution in [1.82, 2.24) is 9.62 Å². The predicted molar refractivity (Wildman–Crippen MR) is 131 cm³/mol. The van der Waals surface area contributed by atoms with Crippen LogP contribution in [0.4, 0.5) is 0 Å². The Balaban J connectivity index is 1.38. The van der Waals surface area contributed by atoms with E-state index in [2.05, 4.69) is 22.3 Å². The highest BCUT2D eigenvalue weighted by atomic mass is 32.2. The van der Waals surface area contributed by atoms with Gasteiger partial charge in [0, 0.05) is 18.2 Å². The number of ether oxygens (including phenoxy) is 1. The highest BCUT2D eigenvalue weighted by Crippen LogP contribution is 2.63. The van der Waals surface area contributed by atoms with E-state index in [0.717, 1.165) is 48.4 Å². The summed E-state index contributed by atoms with van der Waals surface area (Å²) in [5.41, 5.74) is 2.52. The van der Waals surface area contributed by atoms with E-state index in [9.17, 15) is 13.5 Å². The second kappa shape index (κ2) is 7.65. The normalized spacial score (nSPS) is 33.8. The topological polar surface area (TPSA) is 78.9 Å². The van der Waals surface area contributed by atoms with E-state index in [-0.39, 0.29) is 17.8 Å². The summed E-state index contributed by atoms with van der Waals surface area (Å²) in [5.74, 6) is 0.746. The van der Waals surface area contributed by atoms with Gasteiger partial charge in [-0.15, -0.1) is 6.58 Å². The summed E-state index contributed by atoms with van der Waals surface area (Å²) in [4.78, 5) is 2.34. The third-order valence-corrected chi connectivity index (χ3v) is 10.1. The highest BCUT2D eigenvalue weighted by Gasteiger charge is 2.72. The molecule has 2 fully saturated rings. The van der Waals surface area contributed by atoms with Gasteiger partial charge in [0.15, 0.2) is 0 Å². The molecule has 1 saturated carbocycles. The number of aliphatic hydroxyl groups is 1. The summed E-state index contributed by atoms with van der Waals surface area (Å²) in [6.45, 7) is 7.42. The molecule has 7 heteroatoms. The minimum atomic E-state index is -3.60. The molecule has 6 rings (SSSR count). The maximum absolute atomic E-state index is 13.3. The Bertz CT molecular complexity index is 1260. The Labute approximate surface area is 201 Å². The van der Waals surface area contributed by atoms with Crippen molar-refractivity contribution in [1.29, 1.82) is 0 Å². The third kappa shape index (κ3) is 3.00. The lowest BCUT2D eigenvalue weighted by Gasteiger charge is -2.64. The summed E-state index contributed by atoms with van der Waals surface area (Å²) in [6, 6.07) is 13.3. The van der Waals surface area contributed by atoms with Crippen LogP contribution in [-0.2, 0) is 27.6 Å². The fourth-order valence-corrected chi connectivity index (χ4v) is 8.87. The van der Waals surface area contributed by atoms with Crippen molar-refractivity contribution in [3.8, 4) is 5.75 Å². The van der Waals surface area contributed by atoms with Crippen molar-refractivity contribution in [2.75, 3.05) is 13.1 Å². The van der Waals surface area contributed by atoms with E-state index in [1.807, 2.05) is 49.4 Å². The second-order valence-electron chi connectivity index (χ2n) is 10.4. The van der Waals surface area contributed by atoms with Gasteiger partial charge < -0.3 is 9.84 Å². The van der Waals surface area contributed by atoms with Crippen molar-refractivity contribution in [3.05, 3.63) is 77.4 Å². The quantitative estimate of drug-likeness (QED) is 0.622. The molecule has 0 amide bonds. The predicted octanol–water partition coefficient (Wildman–Crippen LogP) is 2.82. The first-order valence-corrected chi connectivity index (χ1v) is 13.9. The average Bonchev–Trinajstić information content (AvgIpc) is 3.14. The number of piperidine rings is 1. The molecular formula is C27H32N2O4S. The molecule has 5 atom stereocenters. The van der Waals surface area contributed by atoms with Crippen LogP contribution in [0, 0.1) is 6.92 Å². The molecule has 2 heterocycles. The van der Waals surface area contributed by atoms with Crippen LogP contribution >= 0.6 is 0 Å². The standard InChI is InChI=1S/C27H32N2O4S/c1-3-14-29-15-13-26-24-19-9-6-10-22(24)33-25(26)21(11-12-27(26,30)23(29)16-19)28-34(31,32)17-20-8-5-4-7-18(20)2/h3-10,21,23,25,28,30H,1,11-17H2,2H3/t21-,23+,25-,26-,27+/m0/s1. The minimum absolute atomic E-state index is 0.0317. The summed E-state index contributed by atoms with van der Waals surface area (Å²) < 4.78 is 36.1. The van der Waals surface area contributed by atoms with Crippen molar-refractivity contribution < 1.29 is 18.3 Å². The first-order chi connectivity index (χ1) is 16.3. The average molecular weight is 481 g/mol. The summed E-state index contributed by atoms with van der Waals surface area (Å²) in [7, 11) is -3.60. The van der Waals surface area contributed by atoms with Crippen molar-refractivity contribution in [2.45, 2.75) is 67.6 Å². The zero-order valence-electron chi connectivity index (χ0n) is 19.5.